The van der Waals surface area contributed by atoms with Gasteiger partial charge in [0.25, 0.3) is 0 Å². The number of carbonyl (C=O) groups is 1. The summed E-state index contributed by atoms with van der Waals surface area (Å²) < 4.78 is 6.02. The molecule has 1 saturated heterocycles. The molecule has 0 bridgehead atoms. The molecule has 1 saturated carbocycles. The summed E-state index contributed by atoms with van der Waals surface area (Å²) in [6.07, 6.45) is 2.46. The molecule has 2 heterocycles. The van der Waals surface area contributed by atoms with Crippen LogP contribution in [0.3, 0.4) is 0 Å². The first-order valence-corrected chi connectivity index (χ1v) is 8.76. The van der Waals surface area contributed by atoms with E-state index >= 15 is 0 Å². The van der Waals surface area contributed by atoms with E-state index in [1.54, 1.807) is 0 Å². The molecule has 2 aromatic rings. The maximum absolute atomic E-state index is 11.1. The summed E-state index contributed by atoms with van der Waals surface area (Å²) in [5, 5.41) is 14.7. The molecule has 25 heavy (non-hydrogen) atoms. The molecule has 6 heteroatoms. The van der Waals surface area contributed by atoms with Crippen LogP contribution in [0.4, 0.5) is 5.69 Å². The lowest BCUT2D eigenvalue weighted by molar-refractivity contribution is -0.114. The first-order valence-electron chi connectivity index (χ1n) is 8.76. The van der Waals surface area contributed by atoms with Crippen molar-refractivity contribution in [2.75, 3.05) is 18.4 Å². The van der Waals surface area contributed by atoms with E-state index in [4.69, 9.17) is 4.74 Å². The number of nitrogens with one attached hydrogen (secondary N) is 2. The highest BCUT2D eigenvalue weighted by molar-refractivity contribution is 5.88. The Hall–Kier alpha value is -2.47. The van der Waals surface area contributed by atoms with Crippen molar-refractivity contribution in [2.24, 2.45) is 11.8 Å². The van der Waals surface area contributed by atoms with Gasteiger partial charge < -0.3 is 15.4 Å². The van der Waals surface area contributed by atoms with Crippen LogP contribution in [0.5, 0.6) is 5.88 Å². The van der Waals surface area contributed by atoms with Crippen LogP contribution in [0, 0.1) is 11.8 Å². The summed E-state index contributed by atoms with van der Waals surface area (Å²) in [6.45, 7) is 3.72. The Kier molecular flexibility index (Phi) is 4.36. The Labute approximate surface area is 147 Å². The summed E-state index contributed by atoms with van der Waals surface area (Å²) in [4.78, 5) is 11.1. The summed E-state index contributed by atoms with van der Waals surface area (Å²) in [5.41, 5.74) is 2.51. The fourth-order valence-corrected chi connectivity index (χ4v) is 3.84. The van der Waals surface area contributed by atoms with Gasteiger partial charge in [0.1, 0.15) is 6.10 Å². The number of benzene rings is 1. The third-order valence-electron chi connectivity index (χ3n) is 5.04. The standard InChI is InChI=1S/C19H22N4O2/c1-12(24)21-16-4-2-13(3-5-16)18-6-7-19(23-22-18)25-17-8-14-10-20-11-15(14)9-17/h2-7,14-15,17,20H,8-11H2,1H3,(H,21,24)/t14-,15+,17?. The van der Waals surface area contributed by atoms with Crippen LogP contribution < -0.4 is 15.4 Å². The molecular formula is C19H22N4O2. The van der Waals surface area contributed by atoms with Crippen molar-refractivity contribution in [2.45, 2.75) is 25.9 Å². The summed E-state index contributed by atoms with van der Waals surface area (Å²) in [7, 11) is 0. The number of hydrogen-bond acceptors (Lipinski definition) is 5. The first-order chi connectivity index (χ1) is 12.2. The van der Waals surface area contributed by atoms with E-state index < -0.39 is 0 Å². The highest BCUT2D eigenvalue weighted by Gasteiger charge is 2.38. The van der Waals surface area contributed by atoms with Gasteiger partial charge >= 0.3 is 0 Å². The Morgan fingerprint density at radius 2 is 1.80 bits per heavy atom. The normalized spacial score (nSPS) is 24.8. The zero-order valence-corrected chi connectivity index (χ0v) is 14.2. The lowest BCUT2D eigenvalue weighted by Gasteiger charge is -2.13. The number of ether oxygens (including phenoxy) is 1. The molecule has 2 aliphatic rings. The van der Waals surface area contributed by atoms with Crippen LogP contribution in [0.1, 0.15) is 19.8 Å². The van der Waals surface area contributed by atoms with Crippen molar-refractivity contribution >= 4 is 11.6 Å². The van der Waals surface area contributed by atoms with Gasteiger partial charge in [-0.15, -0.1) is 10.2 Å². The number of nitrogens with zero attached hydrogens (tertiary/aromatic N) is 2. The van der Waals surface area contributed by atoms with Gasteiger partial charge in [-0.25, -0.2) is 0 Å². The van der Waals surface area contributed by atoms with E-state index in [2.05, 4.69) is 20.8 Å². The molecule has 1 amide bonds. The van der Waals surface area contributed by atoms with Crippen molar-refractivity contribution in [3.8, 4) is 17.1 Å². The molecular weight excluding hydrogens is 316 g/mol. The minimum Gasteiger partial charge on any atom is -0.473 e. The van der Waals surface area contributed by atoms with Gasteiger partial charge in [-0.05, 0) is 56.0 Å². The molecule has 2 N–H and O–H groups in total. The lowest BCUT2D eigenvalue weighted by Crippen LogP contribution is -2.19. The average Bonchev–Trinajstić information content (AvgIpc) is 3.17. The SMILES string of the molecule is CC(=O)Nc1ccc(-c2ccc(OC3C[C@H]4CNC[C@H]4C3)nn2)cc1. The Morgan fingerprint density at radius 3 is 2.40 bits per heavy atom. The van der Waals surface area contributed by atoms with Gasteiger partial charge in [0, 0.05) is 24.2 Å². The molecule has 1 aromatic heterocycles. The second-order valence-corrected chi connectivity index (χ2v) is 6.91. The number of aromatic nitrogens is 2. The highest BCUT2D eigenvalue weighted by Crippen LogP contribution is 2.36. The van der Waals surface area contributed by atoms with Gasteiger partial charge in [0.15, 0.2) is 0 Å². The molecule has 0 radical (unpaired) electrons. The van der Waals surface area contributed by atoms with E-state index in [0.717, 1.165) is 54.7 Å². The topological polar surface area (TPSA) is 76.1 Å². The van der Waals surface area contributed by atoms with Crippen molar-refractivity contribution in [1.82, 2.24) is 15.5 Å². The fraction of sp³-hybridized carbons (Fsp3) is 0.421. The molecule has 130 valence electrons. The average molecular weight is 338 g/mol. The van der Waals surface area contributed by atoms with E-state index in [1.165, 1.54) is 6.92 Å². The number of fused-ring (bicyclic) bond motifs is 1. The number of rotatable bonds is 4. The minimum atomic E-state index is -0.0825. The molecule has 2 fully saturated rings. The predicted molar refractivity (Wildman–Crippen MR) is 95.3 cm³/mol. The Balaban J connectivity index is 1.39. The van der Waals surface area contributed by atoms with E-state index in [-0.39, 0.29) is 12.0 Å². The number of anilines is 1. The quantitative estimate of drug-likeness (QED) is 0.896. The van der Waals surface area contributed by atoms with Gasteiger partial charge in [-0.1, -0.05) is 12.1 Å². The number of carbonyl (C=O) groups excluding carboxylic acids is 1. The van der Waals surface area contributed by atoms with Gasteiger partial charge in [0.2, 0.25) is 11.8 Å². The lowest BCUT2D eigenvalue weighted by atomic mass is 10.0. The third-order valence-corrected chi connectivity index (χ3v) is 5.04. The highest BCUT2D eigenvalue weighted by atomic mass is 16.5. The molecule has 4 rings (SSSR count). The van der Waals surface area contributed by atoms with Crippen molar-refractivity contribution in [3.63, 3.8) is 0 Å². The molecule has 1 aliphatic heterocycles. The minimum absolute atomic E-state index is 0.0825. The molecule has 0 spiro atoms. The summed E-state index contributed by atoms with van der Waals surface area (Å²) in [5.74, 6) is 2.01. The molecule has 1 aliphatic carbocycles. The molecule has 1 unspecified atom stereocenters. The van der Waals surface area contributed by atoms with Crippen LogP contribution in [-0.4, -0.2) is 35.3 Å². The zero-order chi connectivity index (χ0) is 17.2. The van der Waals surface area contributed by atoms with Crippen molar-refractivity contribution < 1.29 is 9.53 Å². The van der Waals surface area contributed by atoms with E-state index in [0.29, 0.717) is 5.88 Å². The van der Waals surface area contributed by atoms with Crippen molar-refractivity contribution in [1.29, 1.82) is 0 Å². The van der Waals surface area contributed by atoms with E-state index in [1.807, 2.05) is 36.4 Å². The maximum Gasteiger partial charge on any atom is 0.233 e. The van der Waals surface area contributed by atoms with Gasteiger partial charge in [-0.2, -0.15) is 0 Å². The largest absolute Gasteiger partial charge is 0.473 e. The van der Waals surface area contributed by atoms with Gasteiger partial charge in [-0.3, -0.25) is 4.79 Å². The first kappa shape index (κ1) is 16.0. The van der Waals surface area contributed by atoms with E-state index in [9.17, 15) is 4.79 Å². The van der Waals surface area contributed by atoms with Crippen LogP contribution in [0.25, 0.3) is 11.3 Å². The smallest absolute Gasteiger partial charge is 0.233 e. The second-order valence-electron chi connectivity index (χ2n) is 6.91. The summed E-state index contributed by atoms with van der Waals surface area (Å²) in [6, 6.07) is 11.4. The fourth-order valence-electron chi connectivity index (χ4n) is 3.84. The zero-order valence-electron chi connectivity index (χ0n) is 14.2. The number of hydrogen-bond donors (Lipinski definition) is 2. The van der Waals surface area contributed by atoms with Crippen LogP contribution >= 0.6 is 0 Å². The predicted octanol–water partition coefficient (Wildman–Crippen LogP) is 2.48. The summed E-state index contributed by atoms with van der Waals surface area (Å²) >= 11 is 0. The van der Waals surface area contributed by atoms with Gasteiger partial charge in [0.05, 0.1) is 5.69 Å². The number of amides is 1. The van der Waals surface area contributed by atoms with Crippen molar-refractivity contribution in [3.05, 3.63) is 36.4 Å². The second kappa shape index (κ2) is 6.80. The van der Waals surface area contributed by atoms with Crippen LogP contribution in [-0.2, 0) is 4.79 Å². The molecule has 3 atom stereocenters. The molecule has 6 nitrogen and oxygen atoms in total. The monoisotopic (exact) mass is 338 g/mol. The van der Waals surface area contributed by atoms with Crippen LogP contribution in [0.2, 0.25) is 0 Å². The Morgan fingerprint density at radius 1 is 1.08 bits per heavy atom. The Bertz CT molecular complexity index is 733. The molecule has 1 aromatic carbocycles. The maximum atomic E-state index is 11.1. The van der Waals surface area contributed by atoms with Crippen LogP contribution in [0.15, 0.2) is 36.4 Å². The third kappa shape index (κ3) is 3.64.